The van der Waals surface area contributed by atoms with E-state index in [1.165, 1.54) is 18.5 Å². The zero-order valence-electron chi connectivity index (χ0n) is 13.4. The number of methoxy groups -OCH3 is 1. The number of halogens is 1. The van der Waals surface area contributed by atoms with Crippen molar-refractivity contribution >= 4 is 11.0 Å². The topological polar surface area (TPSA) is 60.0 Å². The van der Waals surface area contributed by atoms with Crippen LogP contribution in [0.3, 0.4) is 0 Å². The van der Waals surface area contributed by atoms with Gasteiger partial charge in [-0.25, -0.2) is 14.4 Å². The van der Waals surface area contributed by atoms with Crippen LogP contribution in [0.25, 0.3) is 22.3 Å². The molecule has 0 spiro atoms. The molecule has 0 amide bonds. The summed E-state index contributed by atoms with van der Waals surface area (Å²) in [6.45, 7) is 0. The van der Waals surface area contributed by atoms with E-state index >= 15 is 0 Å². The van der Waals surface area contributed by atoms with Gasteiger partial charge >= 0.3 is 0 Å². The number of H-pyrrole nitrogens is 1. The van der Waals surface area contributed by atoms with Gasteiger partial charge in [0.1, 0.15) is 29.3 Å². The van der Waals surface area contributed by atoms with Crippen molar-refractivity contribution in [1.29, 1.82) is 0 Å². The predicted molar refractivity (Wildman–Crippen MR) is 92.4 cm³/mol. The van der Waals surface area contributed by atoms with Crippen LogP contribution in [0.1, 0.15) is 0 Å². The molecule has 25 heavy (non-hydrogen) atoms. The largest absolute Gasteiger partial charge is 0.497 e. The lowest BCUT2D eigenvalue weighted by molar-refractivity contribution is 0.415. The summed E-state index contributed by atoms with van der Waals surface area (Å²) in [5.41, 5.74) is 2.50. The van der Waals surface area contributed by atoms with E-state index in [-0.39, 0.29) is 5.82 Å². The Morgan fingerprint density at radius 1 is 0.960 bits per heavy atom. The molecule has 0 atom stereocenters. The van der Waals surface area contributed by atoms with Crippen molar-refractivity contribution in [1.82, 2.24) is 15.0 Å². The molecule has 0 unspecified atom stereocenters. The molecule has 124 valence electrons. The van der Waals surface area contributed by atoms with Crippen LogP contribution >= 0.6 is 0 Å². The van der Waals surface area contributed by atoms with Gasteiger partial charge in [-0.2, -0.15) is 0 Å². The van der Waals surface area contributed by atoms with Crippen molar-refractivity contribution in [2.45, 2.75) is 0 Å². The Morgan fingerprint density at radius 2 is 1.80 bits per heavy atom. The molecule has 5 nitrogen and oxygen atoms in total. The Bertz CT molecular complexity index is 1030. The number of ether oxygens (including phenoxy) is 2. The second-order valence-electron chi connectivity index (χ2n) is 5.41. The molecule has 0 aliphatic rings. The van der Waals surface area contributed by atoms with Crippen molar-refractivity contribution in [2.75, 3.05) is 7.11 Å². The van der Waals surface area contributed by atoms with Crippen molar-refractivity contribution in [2.24, 2.45) is 0 Å². The molecule has 4 rings (SSSR count). The maximum Gasteiger partial charge on any atom is 0.231 e. The Labute approximate surface area is 143 Å². The highest BCUT2D eigenvalue weighted by Gasteiger charge is 2.11. The first-order valence-electron chi connectivity index (χ1n) is 7.64. The molecule has 0 saturated heterocycles. The normalized spacial score (nSPS) is 10.8. The van der Waals surface area contributed by atoms with Crippen molar-refractivity contribution in [3.63, 3.8) is 0 Å². The number of nitrogens with one attached hydrogen (secondary N) is 1. The van der Waals surface area contributed by atoms with Crippen LogP contribution in [0.5, 0.6) is 17.4 Å². The lowest BCUT2D eigenvalue weighted by atomic mass is 10.1. The van der Waals surface area contributed by atoms with Crippen molar-refractivity contribution < 1.29 is 13.9 Å². The van der Waals surface area contributed by atoms with Crippen LogP contribution in [-0.2, 0) is 0 Å². The number of nitrogens with zero attached hydrogens (tertiary/aromatic N) is 2. The molecular formula is C19H14FN3O2. The summed E-state index contributed by atoms with van der Waals surface area (Å²) in [4.78, 5) is 11.6. The van der Waals surface area contributed by atoms with E-state index in [4.69, 9.17) is 9.47 Å². The highest BCUT2D eigenvalue weighted by Crippen LogP contribution is 2.31. The Balaban J connectivity index is 1.73. The fourth-order valence-corrected chi connectivity index (χ4v) is 2.57. The number of aromatic nitrogens is 3. The van der Waals surface area contributed by atoms with Gasteiger partial charge in [0.05, 0.1) is 12.5 Å². The SMILES string of the molecule is COc1ccc(-c2cc3c(Oc4cccc(F)c4)ncnc3[nH]2)cc1. The van der Waals surface area contributed by atoms with Gasteiger partial charge in [-0.1, -0.05) is 6.07 Å². The summed E-state index contributed by atoms with van der Waals surface area (Å²) in [5.74, 6) is 1.17. The van der Waals surface area contributed by atoms with Crippen LogP contribution in [0.4, 0.5) is 4.39 Å². The summed E-state index contributed by atoms with van der Waals surface area (Å²) in [7, 11) is 1.63. The zero-order chi connectivity index (χ0) is 17.2. The smallest absolute Gasteiger partial charge is 0.231 e. The lowest BCUT2D eigenvalue weighted by Crippen LogP contribution is -1.90. The third-order valence-corrected chi connectivity index (χ3v) is 3.80. The monoisotopic (exact) mass is 335 g/mol. The maximum absolute atomic E-state index is 13.3. The number of hydrogen-bond acceptors (Lipinski definition) is 4. The molecule has 1 N–H and O–H groups in total. The van der Waals surface area contributed by atoms with E-state index in [1.807, 2.05) is 30.3 Å². The van der Waals surface area contributed by atoms with Gasteiger partial charge in [0.25, 0.3) is 0 Å². The molecule has 0 aliphatic carbocycles. The maximum atomic E-state index is 13.3. The van der Waals surface area contributed by atoms with Gasteiger partial charge in [0, 0.05) is 11.8 Å². The van der Waals surface area contributed by atoms with Crippen molar-refractivity contribution in [3.05, 3.63) is 66.7 Å². The molecule has 0 bridgehead atoms. The van der Waals surface area contributed by atoms with E-state index in [0.29, 0.717) is 17.3 Å². The van der Waals surface area contributed by atoms with Crippen LogP contribution in [0.2, 0.25) is 0 Å². The average molecular weight is 335 g/mol. The van der Waals surface area contributed by atoms with Crippen molar-refractivity contribution in [3.8, 4) is 28.6 Å². The third kappa shape index (κ3) is 3.01. The van der Waals surface area contributed by atoms with Gasteiger partial charge in [-0.3, -0.25) is 0 Å². The molecular weight excluding hydrogens is 321 g/mol. The molecule has 4 aromatic rings. The second-order valence-corrected chi connectivity index (χ2v) is 5.41. The minimum Gasteiger partial charge on any atom is -0.497 e. The number of aromatic amines is 1. The highest BCUT2D eigenvalue weighted by atomic mass is 19.1. The number of fused-ring (bicyclic) bond motifs is 1. The molecule has 0 aliphatic heterocycles. The fourth-order valence-electron chi connectivity index (χ4n) is 2.57. The molecule has 0 fully saturated rings. The van der Waals surface area contributed by atoms with E-state index in [9.17, 15) is 4.39 Å². The third-order valence-electron chi connectivity index (χ3n) is 3.80. The summed E-state index contributed by atoms with van der Waals surface area (Å²) in [6, 6.07) is 15.5. The first kappa shape index (κ1) is 15.1. The van der Waals surface area contributed by atoms with E-state index in [1.54, 1.807) is 19.2 Å². The average Bonchev–Trinajstić information content (AvgIpc) is 3.07. The number of rotatable bonds is 4. The Kier molecular flexibility index (Phi) is 3.78. The quantitative estimate of drug-likeness (QED) is 0.594. The summed E-state index contributed by atoms with van der Waals surface area (Å²) >= 11 is 0. The molecule has 0 radical (unpaired) electrons. The minimum atomic E-state index is -0.365. The van der Waals surface area contributed by atoms with E-state index in [2.05, 4.69) is 15.0 Å². The molecule has 2 aromatic carbocycles. The van der Waals surface area contributed by atoms with Gasteiger partial charge in [0.15, 0.2) is 0 Å². The second kappa shape index (κ2) is 6.24. The van der Waals surface area contributed by atoms with E-state index < -0.39 is 0 Å². The first-order chi connectivity index (χ1) is 12.2. The Hall–Kier alpha value is -3.41. The summed E-state index contributed by atoms with van der Waals surface area (Å²) < 4.78 is 24.2. The molecule has 0 saturated carbocycles. The number of hydrogen-bond donors (Lipinski definition) is 1. The van der Waals surface area contributed by atoms with Crippen LogP contribution in [-0.4, -0.2) is 22.1 Å². The van der Waals surface area contributed by atoms with Crippen LogP contribution < -0.4 is 9.47 Å². The van der Waals surface area contributed by atoms with Crippen LogP contribution in [0, 0.1) is 5.82 Å². The Morgan fingerprint density at radius 3 is 2.56 bits per heavy atom. The lowest BCUT2D eigenvalue weighted by Gasteiger charge is -2.04. The standard InChI is InChI=1S/C19H14FN3O2/c1-24-14-7-5-12(6-8-14)17-10-16-18(23-17)21-11-22-19(16)25-15-4-2-3-13(20)9-15/h2-11H,1H3,(H,21,22,23). The first-order valence-corrected chi connectivity index (χ1v) is 7.64. The highest BCUT2D eigenvalue weighted by molar-refractivity contribution is 5.87. The van der Waals surface area contributed by atoms with Gasteiger partial charge in [-0.15, -0.1) is 0 Å². The molecule has 6 heteroatoms. The van der Waals surface area contributed by atoms with Gasteiger partial charge in [0.2, 0.25) is 5.88 Å². The zero-order valence-corrected chi connectivity index (χ0v) is 13.4. The fraction of sp³-hybridized carbons (Fsp3) is 0.0526. The van der Waals surface area contributed by atoms with Gasteiger partial charge < -0.3 is 14.5 Å². The number of benzene rings is 2. The van der Waals surface area contributed by atoms with Crippen LogP contribution in [0.15, 0.2) is 60.9 Å². The van der Waals surface area contributed by atoms with Gasteiger partial charge in [-0.05, 0) is 48.0 Å². The molecule has 2 aromatic heterocycles. The summed E-state index contributed by atoms with van der Waals surface area (Å²) in [6.07, 6.45) is 1.41. The minimum absolute atomic E-state index is 0.365. The molecule has 2 heterocycles. The van der Waals surface area contributed by atoms with E-state index in [0.717, 1.165) is 22.4 Å². The predicted octanol–water partition coefficient (Wildman–Crippen LogP) is 4.56. The summed E-state index contributed by atoms with van der Waals surface area (Å²) in [5, 5.41) is 0.720.